The van der Waals surface area contributed by atoms with Crippen molar-refractivity contribution in [3.8, 4) is 6.07 Å². The second-order valence-electron chi connectivity index (χ2n) is 6.94. The van der Waals surface area contributed by atoms with Crippen molar-refractivity contribution in [1.29, 1.82) is 5.26 Å². The van der Waals surface area contributed by atoms with Gasteiger partial charge in [0.1, 0.15) is 4.90 Å². The Labute approximate surface area is 169 Å². The van der Waals surface area contributed by atoms with Crippen molar-refractivity contribution in [2.45, 2.75) is 23.2 Å². The number of methoxy groups -OCH3 is 1. The van der Waals surface area contributed by atoms with Crippen LogP contribution in [-0.4, -0.2) is 36.4 Å². The summed E-state index contributed by atoms with van der Waals surface area (Å²) in [5.41, 5.74) is -0.817. The van der Waals surface area contributed by atoms with Gasteiger partial charge in [-0.1, -0.05) is 31.6 Å². The fraction of sp³-hybridized carbons (Fsp3) is 0.333. The van der Waals surface area contributed by atoms with Gasteiger partial charge in [-0.15, -0.1) is 10.2 Å². The third-order valence-electron chi connectivity index (χ3n) is 5.05. The van der Waals surface area contributed by atoms with E-state index in [9.17, 15) is 29.5 Å². The van der Waals surface area contributed by atoms with Crippen molar-refractivity contribution in [3.05, 3.63) is 47.7 Å². The average Bonchev–Trinajstić information content (AvgIpc) is 2.72. The Kier molecular flexibility index (Phi) is 4.74. The number of ether oxygens (including phenoxy) is 1. The smallest absolute Gasteiger partial charge is 0.358 e. The molecule has 30 heavy (non-hydrogen) atoms. The summed E-state index contributed by atoms with van der Waals surface area (Å²) >= 11 is 0. The van der Waals surface area contributed by atoms with Crippen LogP contribution in [0.15, 0.2) is 41.3 Å². The highest BCUT2D eigenvalue weighted by molar-refractivity contribution is 8.45. The number of carbonyl (C=O) groups is 1. The van der Waals surface area contributed by atoms with Crippen molar-refractivity contribution >= 4 is 22.0 Å². The van der Waals surface area contributed by atoms with Crippen LogP contribution in [0, 0.1) is 11.3 Å². The molecule has 2 heterocycles. The molecule has 2 aromatic rings. The highest BCUT2D eigenvalue weighted by Crippen LogP contribution is 3.02. The summed E-state index contributed by atoms with van der Waals surface area (Å²) in [5, 5.41) is 17.4. The Morgan fingerprint density at radius 2 is 1.67 bits per heavy atom. The Morgan fingerprint density at radius 1 is 1.07 bits per heavy atom. The van der Waals surface area contributed by atoms with Crippen LogP contribution in [0.2, 0.25) is 0 Å². The Balaban J connectivity index is 1.77. The van der Waals surface area contributed by atoms with Crippen LogP contribution in [0.25, 0.3) is 0 Å². The second-order valence-corrected chi connectivity index (χ2v) is 9.35. The first kappa shape index (κ1) is 21.8. The zero-order valence-electron chi connectivity index (χ0n) is 15.7. The molecule has 1 aliphatic heterocycles. The minimum atomic E-state index is -9.76. The van der Waals surface area contributed by atoms with Crippen LogP contribution in [-0.2, 0) is 10.2 Å². The summed E-state index contributed by atoms with van der Waals surface area (Å²) < 4.78 is 69.2. The van der Waals surface area contributed by atoms with E-state index in [-0.39, 0.29) is 24.1 Å². The molecule has 0 aliphatic carbocycles. The van der Waals surface area contributed by atoms with Gasteiger partial charge in [0.15, 0.2) is 11.5 Å². The molecule has 1 fully saturated rings. The number of halogens is 5. The predicted octanol–water partition coefficient (Wildman–Crippen LogP) is 4.98. The van der Waals surface area contributed by atoms with Crippen molar-refractivity contribution in [3.63, 3.8) is 0 Å². The van der Waals surface area contributed by atoms with Gasteiger partial charge < -0.3 is 9.64 Å². The van der Waals surface area contributed by atoms with Gasteiger partial charge in [0.05, 0.1) is 18.6 Å². The normalized spacial score (nSPS) is 18.6. The van der Waals surface area contributed by atoms with Crippen molar-refractivity contribution < 1.29 is 29.0 Å². The molecule has 6 nitrogen and oxygen atoms in total. The molecule has 0 N–H and O–H groups in total. The van der Waals surface area contributed by atoms with Crippen LogP contribution in [0.5, 0.6) is 0 Å². The Morgan fingerprint density at radius 3 is 2.10 bits per heavy atom. The summed E-state index contributed by atoms with van der Waals surface area (Å²) in [5.74, 6) is -0.170. The number of carbonyl (C=O) groups excluding carboxylic acids is 1. The van der Waals surface area contributed by atoms with E-state index in [1.165, 1.54) is 13.2 Å². The van der Waals surface area contributed by atoms with Gasteiger partial charge in [-0.25, -0.2) is 4.79 Å². The monoisotopic (exact) mass is 448 g/mol. The zero-order valence-corrected chi connectivity index (χ0v) is 16.5. The summed E-state index contributed by atoms with van der Waals surface area (Å²) in [6.45, 7) is 0.673. The van der Waals surface area contributed by atoms with E-state index in [4.69, 9.17) is 0 Å². The van der Waals surface area contributed by atoms with Gasteiger partial charge in [-0.05, 0) is 42.7 Å². The molecular formula is C18H17F5N4O2S. The fourth-order valence-corrected chi connectivity index (χ4v) is 3.97. The van der Waals surface area contributed by atoms with E-state index in [1.54, 1.807) is 6.07 Å². The van der Waals surface area contributed by atoms with E-state index in [1.807, 2.05) is 4.90 Å². The molecule has 3 rings (SSSR count). The lowest BCUT2D eigenvalue weighted by Crippen LogP contribution is -2.42. The molecule has 1 aliphatic rings. The highest BCUT2D eigenvalue weighted by atomic mass is 32.5. The molecule has 0 radical (unpaired) electrons. The van der Waals surface area contributed by atoms with E-state index in [2.05, 4.69) is 21.0 Å². The van der Waals surface area contributed by atoms with E-state index < -0.39 is 26.5 Å². The number of rotatable bonds is 4. The molecule has 0 unspecified atom stereocenters. The first-order valence-electron chi connectivity index (χ1n) is 8.71. The first-order valence-corrected chi connectivity index (χ1v) is 10.7. The third kappa shape index (κ3) is 4.30. The molecule has 1 aromatic heterocycles. The van der Waals surface area contributed by atoms with Crippen LogP contribution in [0.1, 0.15) is 28.9 Å². The first-order chi connectivity index (χ1) is 13.8. The number of nitrogens with zero attached hydrogens (tertiary/aromatic N) is 4. The molecule has 0 spiro atoms. The summed E-state index contributed by atoms with van der Waals surface area (Å²) in [4.78, 5) is 11.2. The van der Waals surface area contributed by atoms with Crippen LogP contribution >= 0.6 is 10.2 Å². The predicted molar refractivity (Wildman–Crippen MR) is 99.9 cm³/mol. The second kappa shape index (κ2) is 6.53. The lowest BCUT2D eigenvalue weighted by atomic mass is 9.74. The molecule has 0 atom stereocenters. The molecule has 12 heteroatoms. The number of piperidine rings is 1. The number of nitriles is 1. The number of benzene rings is 1. The highest BCUT2D eigenvalue weighted by Gasteiger charge is 2.65. The fourth-order valence-electron chi connectivity index (χ4n) is 3.32. The van der Waals surface area contributed by atoms with Gasteiger partial charge in [0.2, 0.25) is 0 Å². The summed E-state index contributed by atoms with van der Waals surface area (Å²) in [6.07, 6.45) is 0.499. The largest absolute Gasteiger partial charge is 0.464 e. The van der Waals surface area contributed by atoms with E-state index in [0.29, 0.717) is 31.0 Å². The molecule has 1 aromatic carbocycles. The molecular weight excluding hydrogens is 431 g/mol. The standard InChI is InChI=1S/C18H17F5N4O2S/c1-29-17(28)15-6-7-16(26-25-15)27-10-8-18(12-24,9-11-27)13-2-4-14(5-3-13)30(19,20,21,22)23/h2-7H,8-11H2,1H3. The van der Waals surface area contributed by atoms with Crippen molar-refractivity contribution in [2.75, 3.05) is 25.1 Å². The minimum absolute atomic E-state index is 0.0358. The van der Waals surface area contributed by atoms with Crippen molar-refractivity contribution in [1.82, 2.24) is 10.2 Å². The number of hydrogen-bond acceptors (Lipinski definition) is 6. The number of hydrogen-bond donors (Lipinski definition) is 0. The van der Waals surface area contributed by atoms with Crippen LogP contribution in [0.4, 0.5) is 25.2 Å². The molecule has 0 bridgehead atoms. The maximum Gasteiger partial charge on any atom is 0.358 e. The zero-order chi connectivity index (χ0) is 22.3. The minimum Gasteiger partial charge on any atom is -0.464 e. The Hall–Kier alpha value is -2.94. The van der Waals surface area contributed by atoms with Gasteiger partial charge in [-0.2, -0.15) is 5.26 Å². The number of esters is 1. The quantitative estimate of drug-likeness (QED) is 0.485. The van der Waals surface area contributed by atoms with Gasteiger partial charge in [0, 0.05) is 13.1 Å². The Bertz CT molecular complexity index is 997. The third-order valence-corrected chi connectivity index (χ3v) is 6.22. The molecule has 0 amide bonds. The lowest BCUT2D eigenvalue weighted by molar-refractivity contribution is 0.0592. The molecule has 162 valence electrons. The lowest BCUT2D eigenvalue weighted by Gasteiger charge is -2.41. The van der Waals surface area contributed by atoms with Gasteiger partial charge >= 0.3 is 16.2 Å². The van der Waals surface area contributed by atoms with Crippen molar-refractivity contribution in [2.24, 2.45) is 0 Å². The van der Waals surface area contributed by atoms with E-state index >= 15 is 0 Å². The van der Waals surface area contributed by atoms with Gasteiger partial charge in [0.25, 0.3) is 0 Å². The SMILES string of the molecule is COC(=O)c1ccc(N2CCC(C#N)(c3ccc(S(F)(F)(F)(F)F)cc3)CC2)nn1. The average molecular weight is 448 g/mol. The maximum atomic E-state index is 12.9. The number of aromatic nitrogens is 2. The molecule has 0 saturated carbocycles. The van der Waals surface area contributed by atoms with Gasteiger partial charge in [-0.3, -0.25) is 0 Å². The summed E-state index contributed by atoms with van der Waals surface area (Å²) in [7, 11) is -8.55. The topological polar surface area (TPSA) is 79.1 Å². The van der Waals surface area contributed by atoms with Crippen LogP contribution in [0.3, 0.4) is 0 Å². The summed E-state index contributed by atoms with van der Waals surface area (Å²) in [6, 6.07) is 7.70. The molecule has 1 saturated heterocycles. The van der Waals surface area contributed by atoms with E-state index in [0.717, 1.165) is 12.1 Å². The van der Waals surface area contributed by atoms with Crippen LogP contribution < -0.4 is 4.90 Å². The number of anilines is 1. The maximum absolute atomic E-state index is 12.9.